The highest BCUT2D eigenvalue weighted by atomic mass is 35.5. The molecule has 0 spiro atoms. The molecule has 1 aromatic heterocycles. The van der Waals surface area contributed by atoms with Gasteiger partial charge < -0.3 is 24.7 Å². The molecule has 1 aliphatic rings. The quantitative estimate of drug-likeness (QED) is 0.371. The maximum Gasteiger partial charge on any atom is 0.303 e. The monoisotopic (exact) mass is 560 g/mol. The number of carbonyl (C=O) groups is 4. The van der Waals surface area contributed by atoms with Gasteiger partial charge in [0.1, 0.15) is 24.2 Å². The summed E-state index contributed by atoms with van der Waals surface area (Å²) in [6, 6.07) is 3.81. The summed E-state index contributed by atoms with van der Waals surface area (Å²) >= 11 is 13.3. The van der Waals surface area contributed by atoms with Gasteiger partial charge in [-0.15, -0.1) is 5.10 Å². The molecule has 0 bridgehead atoms. The minimum absolute atomic E-state index is 0.171. The number of thioether (sulfide) groups is 1. The molecule has 1 amide bonds. The highest BCUT2D eigenvalue weighted by molar-refractivity contribution is 7.99. The van der Waals surface area contributed by atoms with E-state index in [1.165, 1.54) is 31.6 Å². The lowest BCUT2D eigenvalue weighted by molar-refractivity contribution is -0.212. The van der Waals surface area contributed by atoms with E-state index in [-0.39, 0.29) is 17.3 Å². The van der Waals surface area contributed by atoms with E-state index in [2.05, 4.69) is 10.3 Å². The van der Waals surface area contributed by atoms with E-state index >= 15 is 0 Å². The number of benzene rings is 1. The molecule has 1 aliphatic heterocycles. The minimum Gasteiger partial charge on any atom is -0.463 e. The van der Waals surface area contributed by atoms with Gasteiger partial charge in [-0.05, 0) is 18.2 Å². The van der Waals surface area contributed by atoms with Crippen molar-refractivity contribution in [2.24, 2.45) is 5.73 Å². The summed E-state index contributed by atoms with van der Waals surface area (Å²) in [5.41, 5.74) is 4.20. The molecule has 1 fully saturated rings. The molecule has 15 heteroatoms. The lowest BCUT2D eigenvalue weighted by Gasteiger charge is -2.44. The van der Waals surface area contributed by atoms with Crippen molar-refractivity contribution in [1.82, 2.24) is 15.0 Å². The van der Waals surface area contributed by atoms with Crippen LogP contribution in [0.4, 0.5) is 0 Å². The summed E-state index contributed by atoms with van der Waals surface area (Å²) < 4.78 is 23.6. The number of hydrogen-bond donors (Lipinski definition) is 1. The molecule has 3 unspecified atom stereocenters. The number of halogens is 2. The Balaban J connectivity index is 2.10. The summed E-state index contributed by atoms with van der Waals surface area (Å²) in [4.78, 5) is 47.9. The van der Waals surface area contributed by atoms with Crippen LogP contribution < -0.4 is 5.73 Å². The summed E-state index contributed by atoms with van der Waals surface area (Å²) in [7, 11) is 0. The second-order valence-corrected chi connectivity index (χ2v) is 9.61. The Hall–Kier alpha value is -2.87. The first kappa shape index (κ1) is 27.7. The predicted octanol–water partition coefficient (Wildman–Crippen LogP) is 2.17. The van der Waals surface area contributed by atoms with E-state index in [0.717, 1.165) is 11.8 Å². The van der Waals surface area contributed by atoms with E-state index in [9.17, 15) is 19.2 Å². The van der Waals surface area contributed by atoms with Crippen LogP contribution in [-0.4, -0.2) is 69.2 Å². The van der Waals surface area contributed by atoms with E-state index in [1.807, 2.05) is 0 Å². The number of hydrogen-bond acceptors (Lipinski definition) is 11. The number of carbonyl (C=O) groups excluding carboxylic acids is 4. The van der Waals surface area contributed by atoms with Crippen molar-refractivity contribution in [3.63, 3.8) is 0 Å². The van der Waals surface area contributed by atoms with Crippen LogP contribution in [0.15, 0.2) is 29.3 Å². The Morgan fingerprint density at radius 3 is 2.28 bits per heavy atom. The van der Waals surface area contributed by atoms with Gasteiger partial charge in [-0.1, -0.05) is 40.2 Å². The van der Waals surface area contributed by atoms with Crippen molar-refractivity contribution in [2.45, 2.75) is 55.5 Å². The summed E-state index contributed by atoms with van der Waals surface area (Å²) in [6.45, 7) is 3.28. The number of ether oxygens (including phenoxy) is 4. The normalized spacial score (nSPS) is 23.5. The van der Waals surface area contributed by atoms with Crippen molar-refractivity contribution >= 4 is 58.8 Å². The van der Waals surface area contributed by atoms with Crippen molar-refractivity contribution < 1.29 is 38.1 Å². The lowest BCUT2D eigenvalue weighted by Crippen LogP contribution is -2.57. The second-order valence-electron chi connectivity index (χ2n) is 7.63. The zero-order valence-electron chi connectivity index (χ0n) is 19.3. The Bertz CT molecular complexity index is 1160. The highest BCUT2D eigenvalue weighted by Crippen LogP contribution is 2.42. The molecule has 1 aromatic carbocycles. The number of primary amides is 1. The van der Waals surface area contributed by atoms with E-state index in [0.29, 0.717) is 9.92 Å². The average molecular weight is 561 g/mol. The van der Waals surface area contributed by atoms with Gasteiger partial charge in [-0.25, -0.2) is 4.68 Å². The van der Waals surface area contributed by atoms with Crippen LogP contribution in [-0.2, 0) is 33.3 Å². The fraction of sp³-hybridized carbons (Fsp3) is 0.429. The molecule has 2 heterocycles. The third-order valence-electron chi connectivity index (χ3n) is 4.88. The van der Waals surface area contributed by atoms with Gasteiger partial charge in [0.15, 0.2) is 17.9 Å². The molecule has 0 aliphatic carbocycles. The van der Waals surface area contributed by atoms with Crippen LogP contribution in [0.3, 0.4) is 0 Å². The summed E-state index contributed by atoms with van der Waals surface area (Å²) in [6.07, 6.45) is -2.08. The Morgan fingerprint density at radius 2 is 1.72 bits per heavy atom. The molecule has 1 saturated heterocycles. The molecule has 0 saturated carbocycles. The topological polar surface area (TPSA) is 162 Å². The van der Waals surface area contributed by atoms with E-state index < -0.39 is 53.6 Å². The molecule has 0 radical (unpaired) electrons. The highest BCUT2D eigenvalue weighted by Gasteiger charge is 2.52. The van der Waals surface area contributed by atoms with Gasteiger partial charge >= 0.3 is 17.9 Å². The van der Waals surface area contributed by atoms with Gasteiger partial charge in [-0.2, -0.15) is 0 Å². The Labute approximate surface area is 219 Å². The van der Waals surface area contributed by atoms with Gasteiger partial charge in [-0.3, -0.25) is 19.2 Å². The minimum atomic E-state index is -1.17. The third-order valence-corrected chi connectivity index (χ3v) is 6.76. The molecule has 2 aromatic rings. The van der Waals surface area contributed by atoms with E-state index in [4.69, 9.17) is 47.9 Å². The number of nitrogens with two attached hydrogens (primary N) is 1. The zero-order valence-corrected chi connectivity index (χ0v) is 21.6. The van der Waals surface area contributed by atoms with Crippen molar-refractivity contribution in [1.29, 1.82) is 0 Å². The van der Waals surface area contributed by atoms with Gasteiger partial charge in [0.25, 0.3) is 5.91 Å². The first-order valence-corrected chi connectivity index (χ1v) is 12.1. The van der Waals surface area contributed by atoms with Gasteiger partial charge in [0, 0.05) is 25.7 Å². The fourth-order valence-electron chi connectivity index (χ4n) is 3.50. The maximum atomic E-state index is 12.1. The smallest absolute Gasteiger partial charge is 0.303 e. The number of amides is 1. The largest absolute Gasteiger partial charge is 0.463 e. The molecule has 3 rings (SSSR count). The van der Waals surface area contributed by atoms with Crippen LogP contribution in [0.2, 0.25) is 10.0 Å². The number of nitrogens with zero attached hydrogens (tertiary/aromatic N) is 3. The average Bonchev–Trinajstić information content (AvgIpc) is 3.26. The fourth-order valence-corrected chi connectivity index (χ4v) is 5.01. The predicted molar refractivity (Wildman–Crippen MR) is 126 cm³/mol. The van der Waals surface area contributed by atoms with Gasteiger partial charge in [0.05, 0.1) is 16.2 Å². The Morgan fingerprint density at radius 1 is 1.06 bits per heavy atom. The maximum absolute atomic E-state index is 12.1. The number of esters is 3. The van der Waals surface area contributed by atoms with Crippen LogP contribution in [0.1, 0.15) is 37.3 Å². The summed E-state index contributed by atoms with van der Waals surface area (Å²) in [5, 5.41) is 8.31. The van der Waals surface area contributed by atoms with Crippen LogP contribution in [0, 0.1) is 0 Å². The zero-order chi connectivity index (χ0) is 26.6. The lowest BCUT2D eigenvalue weighted by atomic mass is 9.96. The first-order chi connectivity index (χ1) is 17.0. The number of rotatable bonds is 8. The molecular weight excluding hydrogens is 539 g/mol. The van der Waals surface area contributed by atoms with Crippen molar-refractivity contribution in [3.8, 4) is 0 Å². The SMILES string of the molecule is CC(=O)OCC1O[C@H](Sc2ccc(Cl)c(Cl)c2)C(OC(C)=O)C(n2cc(C(N)=O)nn2)[C@H]1OC(C)=O. The molecule has 36 heavy (non-hydrogen) atoms. The number of aromatic nitrogens is 3. The molecule has 12 nitrogen and oxygen atoms in total. The molecule has 2 N–H and O–H groups in total. The molecule has 194 valence electrons. The van der Waals surface area contributed by atoms with Crippen molar-refractivity contribution in [2.75, 3.05) is 6.61 Å². The second kappa shape index (κ2) is 11.9. The first-order valence-electron chi connectivity index (χ1n) is 10.4. The third kappa shape index (κ3) is 6.87. The van der Waals surface area contributed by atoms with E-state index in [1.54, 1.807) is 18.2 Å². The van der Waals surface area contributed by atoms with Crippen molar-refractivity contribution in [3.05, 3.63) is 40.1 Å². The molecule has 5 atom stereocenters. The van der Waals surface area contributed by atoms with Gasteiger partial charge in [0.2, 0.25) is 0 Å². The van der Waals surface area contributed by atoms with Crippen LogP contribution in [0.5, 0.6) is 0 Å². The standard InChI is InChI=1S/C21H22Cl2N4O8S/c1-9(28)32-8-16-18(33-10(2)29)17(27-7-15(20(24)31)25-26-27)19(34-11(3)30)21(35-16)36-12-4-5-13(22)14(23)6-12/h4-7,16-19,21H,8H2,1-3H3,(H2,24,31)/t16?,17?,18-,19?,21+/m0/s1. The Kier molecular flexibility index (Phi) is 9.17. The summed E-state index contributed by atoms with van der Waals surface area (Å²) in [5.74, 6) is -2.79. The van der Waals surface area contributed by atoms with Crippen LogP contribution in [0.25, 0.3) is 0 Å². The molecular formula is C21H22Cl2N4O8S. The van der Waals surface area contributed by atoms with Crippen LogP contribution >= 0.6 is 35.0 Å².